The monoisotopic (exact) mass is 539 g/mol. The molecule has 40 heavy (non-hydrogen) atoms. The second kappa shape index (κ2) is 11.7. The number of benzene rings is 2. The number of nitrogens with one attached hydrogen (secondary N) is 2. The van der Waals surface area contributed by atoms with E-state index >= 15 is 0 Å². The zero-order chi connectivity index (χ0) is 27.4. The lowest BCUT2D eigenvalue weighted by Gasteiger charge is -2.39. The minimum absolute atomic E-state index is 0.0462. The number of carbonyl (C=O) groups is 1. The van der Waals surface area contributed by atoms with Gasteiger partial charge in [-0.05, 0) is 68.1 Å². The molecule has 2 aromatic carbocycles. The van der Waals surface area contributed by atoms with E-state index in [9.17, 15) is 9.90 Å². The van der Waals surface area contributed by atoms with Crippen LogP contribution in [-0.4, -0.2) is 71.8 Å². The van der Waals surface area contributed by atoms with E-state index in [1.807, 2.05) is 30.3 Å². The third kappa shape index (κ3) is 6.11. The molecule has 2 saturated heterocycles. The van der Waals surface area contributed by atoms with Gasteiger partial charge < -0.3 is 20.0 Å². The fourth-order valence-corrected chi connectivity index (χ4v) is 6.17. The van der Waals surface area contributed by atoms with Crippen molar-refractivity contribution in [3.63, 3.8) is 0 Å². The van der Waals surface area contributed by atoms with Gasteiger partial charge in [-0.2, -0.15) is 0 Å². The number of nitrogens with zero attached hydrogens (tertiary/aromatic N) is 5. The highest BCUT2D eigenvalue weighted by Crippen LogP contribution is 2.41. The molecule has 2 aromatic heterocycles. The average Bonchev–Trinajstić information content (AvgIpc) is 3.75. The summed E-state index contributed by atoms with van der Waals surface area (Å²) in [6.45, 7) is 6.87. The number of H-pyrrole nitrogens is 2. The van der Waals surface area contributed by atoms with Crippen molar-refractivity contribution >= 4 is 5.91 Å². The molecule has 2 aliphatic heterocycles. The molecule has 0 bridgehead atoms. The largest absolute Gasteiger partial charge is 0.508 e. The Kier molecular flexibility index (Phi) is 7.66. The molecule has 0 atom stereocenters. The van der Waals surface area contributed by atoms with Crippen molar-refractivity contribution < 1.29 is 9.90 Å². The summed E-state index contributed by atoms with van der Waals surface area (Å²) < 4.78 is 0. The second-order valence-electron chi connectivity index (χ2n) is 11.3. The number of rotatable bonds is 9. The third-order valence-electron chi connectivity index (χ3n) is 8.50. The van der Waals surface area contributed by atoms with Gasteiger partial charge >= 0.3 is 0 Å². The number of phenols is 1. The first kappa shape index (κ1) is 26.3. The van der Waals surface area contributed by atoms with Gasteiger partial charge in [0.2, 0.25) is 0 Å². The number of hydrogen-bond acceptors (Lipinski definition) is 6. The Balaban J connectivity index is 1.03. The minimum atomic E-state index is -0.0462. The Bertz CT molecular complexity index is 1340. The summed E-state index contributed by atoms with van der Waals surface area (Å²) in [6.07, 6.45) is 10.6. The molecule has 208 valence electrons. The van der Waals surface area contributed by atoms with Crippen LogP contribution in [0.5, 0.6) is 5.75 Å². The summed E-state index contributed by atoms with van der Waals surface area (Å²) in [6, 6.07) is 15.7. The molecule has 0 aliphatic carbocycles. The van der Waals surface area contributed by atoms with Crippen molar-refractivity contribution in [2.45, 2.75) is 45.4 Å². The highest BCUT2D eigenvalue weighted by Gasteiger charge is 2.40. The zero-order valence-electron chi connectivity index (χ0n) is 22.8. The second-order valence-corrected chi connectivity index (χ2v) is 11.3. The molecule has 2 aliphatic rings. The van der Waals surface area contributed by atoms with E-state index in [1.165, 1.54) is 24.8 Å². The lowest BCUT2D eigenvalue weighted by Crippen LogP contribution is -2.41. The van der Waals surface area contributed by atoms with Crippen LogP contribution in [0.15, 0.2) is 73.3 Å². The molecule has 1 amide bonds. The molecule has 3 N–H and O–H groups in total. The van der Waals surface area contributed by atoms with E-state index in [-0.39, 0.29) is 5.91 Å². The highest BCUT2D eigenvalue weighted by molar-refractivity contribution is 5.94. The van der Waals surface area contributed by atoms with Gasteiger partial charge in [-0.1, -0.05) is 30.3 Å². The number of aromatic amines is 2. The first-order valence-corrected chi connectivity index (χ1v) is 14.1. The number of para-hydroxylation sites is 1. The van der Waals surface area contributed by atoms with Crippen molar-refractivity contribution in [2.75, 3.05) is 26.2 Å². The first-order chi connectivity index (χ1) is 19.6. The van der Waals surface area contributed by atoms with Gasteiger partial charge in [0.15, 0.2) is 0 Å². The van der Waals surface area contributed by atoms with Crippen LogP contribution in [0.25, 0.3) is 0 Å². The van der Waals surface area contributed by atoms with Crippen LogP contribution >= 0.6 is 0 Å². The van der Waals surface area contributed by atoms with Crippen LogP contribution in [0.1, 0.15) is 52.4 Å². The van der Waals surface area contributed by atoms with Crippen molar-refractivity contribution in [3.8, 4) is 5.75 Å². The molecule has 4 aromatic rings. The molecule has 2 fully saturated rings. The molecule has 0 unspecified atom stereocenters. The standard InChI is InChI=1S/C31H37N7O2/c39-27-4-2-1-3-26(27)20-36-16-9-31(10-17-36)11-18-37(23-31)19-24-5-7-25(8-6-24)30(40)38(21-28-32-12-13-33-28)22-29-34-14-15-35-29/h1-8,12-15,39H,9-11,16-23H2,(H,32,33)(H,34,35). The van der Waals surface area contributed by atoms with E-state index < -0.39 is 0 Å². The number of carbonyl (C=O) groups excluding carboxylic acids is 1. The Hall–Kier alpha value is -3.95. The summed E-state index contributed by atoms with van der Waals surface area (Å²) in [4.78, 5) is 35.0. The number of amides is 1. The van der Waals surface area contributed by atoms with Gasteiger partial charge in [-0.25, -0.2) is 9.97 Å². The minimum Gasteiger partial charge on any atom is -0.508 e. The smallest absolute Gasteiger partial charge is 0.254 e. The van der Waals surface area contributed by atoms with Gasteiger partial charge in [0, 0.05) is 55.5 Å². The number of likely N-dealkylation sites (tertiary alicyclic amines) is 2. The number of imidazole rings is 2. The average molecular weight is 540 g/mol. The van der Waals surface area contributed by atoms with Crippen molar-refractivity contribution in [1.29, 1.82) is 0 Å². The third-order valence-corrected chi connectivity index (χ3v) is 8.50. The van der Waals surface area contributed by atoms with E-state index in [1.54, 1.807) is 35.8 Å². The topological polar surface area (TPSA) is 104 Å². The van der Waals surface area contributed by atoms with Gasteiger partial charge in [0.05, 0.1) is 13.1 Å². The summed E-state index contributed by atoms with van der Waals surface area (Å²) in [5.74, 6) is 1.83. The van der Waals surface area contributed by atoms with E-state index in [4.69, 9.17) is 0 Å². The molecule has 0 saturated carbocycles. The first-order valence-electron chi connectivity index (χ1n) is 14.1. The summed E-state index contributed by atoms with van der Waals surface area (Å²) in [5.41, 5.74) is 3.30. The van der Waals surface area contributed by atoms with Gasteiger partial charge in [-0.15, -0.1) is 0 Å². The maximum atomic E-state index is 13.4. The summed E-state index contributed by atoms with van der Waals surface area (Å²) in [7, 11) is 0. The Morgan fingerprint density at radius 2 is 1.48 bits per heavy atom. The number of aromatic hydroxyl groups is 1. The van der Waals surface area contributed by atoms with Crippen molar-refractivity contribution in [2.24, 2.45) is 5.41 Å². The molecule has 9 nitrogen and oxygen atoms in total. The molecule has 4 heterocycles. The Morgan fingerprint density at radius 3 is 2.08 bits per heavy atom. The van der Waals surface area contributed by atoms with Crippen LogP contribution in [0.3, 0.4) is 0 Å². The van der Waals surface area contributed by atoms with Gasteiger partial charge in [0.1, 0.15) is 17.4 Å². The zero-order valence-corrected chi connectivity index (χ0v) is 22.8. The van der Waals surface area contributed by atoms with Crippen LogP contribution in [-0.2, 0) is 26.2 Å². The maximum Gasteiger partial charge on any atom is 0.254 e. The fraction of sp³-hybridized carbons (Fsp3) is 0.387. The van der Waals surface area contributed by atoms with E-state index in [0.717, 1.165) is 56.5 Å². The molecular formula is C31H37N7O2. The number of piperidine rings is 1. The van der Waals surface area contributed by atoms with Crippen LogP contribution in [0.4, 0.5) is 0 Å². The molecule has 6 rings (SSSR count). The normalized spacial score (nSPS) is 17.4. The lowest BCUT2D eigenvalue weighted by molar-refractivity contribution is 0.0721. The predicted molar refractivity (Wildman–Crippen MR) is 152 cm³/mol. The number of hydrogen-bond donors (Lipinski definition) is 3. The molecule has 9 heteroatoms. The Labute approximate surface area is 234 Å². The van der Waals surface area contributed by atoms with Crippen molar-refractivity contribution in [3.05, 3.63) is 102 Å². The number of phenolic OH excluding ortho intramolecular Hbond substituents is 1. The van der Waals surface area contributed by atoms with Crippen LogP contribution < -0.4 is 0 Å². The summed E-state index contributed by atoms with van der Waals surface area (Å²) in [5, 5.41) is 10.1. The predicted octanol–water partition coefficient (Wildman–Crippen LogP) is 4.17. The quantitative estimate of drug-likeness (QED) is 0.295. The maximum absolute atomic E-state index is 13.4. The van der Waals surface area contributed by atoms with Crippen LogP contribution in [0, 0.1) is 5.41 Å². The highest BCUT2D eigenvalue weighted by atomic mass is 16.3. The van der Waals surface area contributed by atoms with Gasteiger partial charge in [-0.3, -0.25) is 14.6 Å². The fourth-order valence-electron chi connectivity index (χ4n) is 6.17. The van der Waals surface area contributed by atoms with Crippen molar-refractivity contribution in [1.82, 2.24) is 34.6 Å². The molecular weight excluding hydrogens is 502 g/mol. The SMILES string of the molecule is O=C(c1ccc(CN2CCC3(CCN(Cc4ccccc4O)CC3)C2)cc1)N(Cc1ncc[nH]1)Cc1ncc[nH]1. The molecule has 0 radical (unpaired) electrons. The number of aromatic nitrogens is 4. The summed E-state index contributed by atoms with van der Waals surface area (Å²) >= 11 is 0. The van der Waals surface area contributed by atoms with E-state index in [0.29, 0.717) is 29.8 Å². The van der Waals surface area contributed by atoms with Crippen LogP contribution in [0.2, 0.25) is 0 Å². The Morgan fingerprint density at radius 1 is 0.850 bits per heavy atom. The molecule has 1 spiro atoms. The van der Waals surface area contributed by atoms with Gasteiger partial charge in [0.25, 0.3) is 5.91 Å². The van der Waals surface area contributed by atoms with E-state index in [2.05, 4.69) is 41.9 Å². The lowest BCUT2D eigenvalue weighted by atomic mass is 9.77.